The highest BCUT2D eigenvalue weighted by atomic mass is 19.4. The Labute approximate surface area is 136 Å². The summed E-state index contributed by atoms with van der Waals surface area (Å²) in [4.78, 5) is 21.8. The van der Waals surface area contributed by atoms with E-state index in [1.54, 1.807) is 0 Å². The summed E-state index contributed by atoms with van der Waals surface area (Å²) in [6.07, 6.45) is -17.6. The predicted molar refractivity (Wildman–Crippen MR) is 58.7 cm³/mol. The van der Waals surface area contributed by atoms with Crippen LogP contribution in [0.3, 0.4) is 0 Å². The number of rotatable bonds is 4. The van der Waals surface area contributed by atoms with Gasteiger partial charge in [-0.15, -0.1) is 13.2 Å². The molecule has 0 unspecified atom stereocenters. The number of carboxylic acid groups (broad SMARTS) is 1. The van der Waals surface area contributed by atoms with Gasteiger partial charge in [0.05, 0.1) is 5.97 Å². The zero-order valence-electron chi connectivity index (χ0n) is 11.8. The van der Waals surface area contributed by atoms with Gasteiger partial charge in [0.15, 0.2) is 0 Å². The average molecular weight is 399 g/mol. The third-order valence-corrected chi connectivity index (χ3v) is 2.51. The van der Waals surface area contributed by atoms with Gasteiger partial charge in [-0.3, -0.25) is 4.79 Å². The summed E-state index contributed by atoms with van der Waals surface area (Å²) in [6, 6.07) is 0.589. The number of carbonyl (C=O) groups excluding carboxylic acids is 2. The monoisotopic (exact) mass is 399 g/mol. The van der Waals surface area contributed by atoms with Crippen molar-refractivity contribution in [2.45, 2.75) is 18.7 Å². The number of carboxylic acids is 1. The van der Waals surface area contributed by atoms with Crippen molar-refractivity contribution in [3.8, 4) is 11.5 Å². The molecule has 1 aromatic rings. The van der Waals surface area contributed by atoms with E-state index in [2.05, 4.69) is 9.47 Å². The van der Waals surface area contributed by atoms with Gasteiger partial charge in [-0.25, -0.2) is 0 Å². The minimum atomic E-state index is -6.09. The molecule has 0 aliphatic heterocycles. The minimum Gasteiger partial charge on any atom is -0.545 e. The molecular weight excluding hydrogens is 395 g/mol. The van der Waals surface area contributed by atoms with Gasteiger partial charge in [-0.2, -0.15) is 26.3 Å². The quantitative estimate of drug-likeness (QED) is 0.442. The molecule has 0 atom stereocenters. The number of aromatic carboxylic acids is 1. The number of carbonyl (C=O) groups is 2. The number of ether oxygens (including phenoxy) is 2. The van der Waals surface area contributed by atoms with Crippen LogP contribution >= 0.6 is 0 Å². The van der Waals surface area contributed by atoms with Crippen LogP contribution in [-0.2, 0) is 4.79 Å². The van der Waals surface area contributed by atoms with Gasteiger partial charge in [0.25, 0.3) is 0 Å². The van der Waals surface area contributed by atoms with Crippen molar-refractivity contribution in [2.24, 2.45) is 5.92 Å². The highest BCUT2D eigenvalue weighted by molar-refractivity contribution is 5.89. The maximum Gasteiger partial charge on any atom is 0.573 e. The van der Waals surface area contributed by atoms with Crippen LogP contribution in [0.2, 0.25) is 0 Å². The molecule has 0 saturated carbocycles. The lowest BCUT2D eigenvalue weighted by Crippen LogP contribution is -2.44. The van der Waals surface area contributed by atoms with Gasteiger partial charge >= 0.3 is 24.7 Å². The molecule has 0 heterocycles. The Morgan fingerprint density at radius 1 is 0.923 bits per heavy atom. The van der Waals surface area contributed by atoms with E-state index in [0.717, 1.165) is 0 Å². The fraction of sp³-hybridized carbons (Fsp3) is 0.333. The average Bonchev–Trinajstić information content (AvgIpc) is 2.32. The number of halogens is 9. The lowest BCUT2D eigenvalue weighted by Gasteiger charge is -2.21. The zero-order valence-corrected chi connectivity index (χ0v) is 11.8. The highest BCUT2D eigenvalue weighted by Crippen LogP contribution is 2.40. The summed E-state index contributed by atoms with van der Waals surface area (Å²) in [5, 5.41) is 10.6. The maximum atomic E-state index is 12.4. The van der Waals surface area contributed by atoms with Gasteiger partial charge in [0.2, 0.25) is 5.92 Å². The summed E-state index contributed by atoms with van der Waals surface area (Å²) < 4.78 is 118. The molecule has 1 rings (SSSR count). The normalized spacial score (nSPS) is 12.8. The molecule has 0 amide bonds. The highest BCUT2D eigenvalue weighted by Gasteiger charge is 2.62. The molecule has 5 nitrogen and oxygen atoms in total. The van der Waals surface area contributed by atoms with Gasteiger partial charge < -0.3 is 19.4 Å². The molecule has 0 radical (unpaired) electrons. The molecule has 0 fully saturated rings. The number of hydrogen-bond donors (Lipinski definition) is 0. The van der Waals surface area contributed by atoms with E-state index in [-0.39, 0.29) is 12.1 Å². The summed E-state index contributed by atoms with van der Waals surface area (Å²) in [5.74, 6) is -12.5. The lowest BCUT2D eigenvalue weighted by atomic mass is 10.1. The molecule has 146 valence electrons. The van der Waals surface area contributed by atoms with Crippen LogP contribution < -0.4 is 14.6 Å². The van der Waals surface area contributed by atoms with Crippen LogP contribution in [0.25, 0.3) is 0 Å². The molecule has 26 heavy (non-hydrogen) atoms. The van der Waals surface area contributed by atoms with E-state index in [1.807, 2.05) is 0 Å². The Hall–Kier alpha value is -2.67. The van der Waals surface area contributed by atoms with Crippen molar-refractivity contribution in [2.75, 3.05) is 0 Å². The first-order chi connectivity index (χ1) is 11.5. The standard InChI is InChI=1S/C12H5F9O5/c13-10(14,15)7(11(16,17)18)9(24)25-4-1-2-5(8(22)23)6(3-4)26-12(19,20)21/h1-3,7H,(H,22,23)/p-1. The fourth-order valence-corrected chi connectivity index (χ4v) is 1.57. The van der Waals surface area contributed by atoms with E-state index >= 15 is 0 Å². The topological polar surface area (TPSA) is 75.7 Å². The van der Waals surface area contributed by atoms with Crippen molar-refractivity contribution in [3.05, 3.63) is 23.8 Å². The Balaban J connectivity index is 3.22. The lowest BCUT2D eigenvalue weighted by molar-refractivity contribution is -0.279. The van der Waals surface area contributed by atoms with Crippen LogP contribution in [0.4, 0.5) is 39.5 Å². The Morgan fingerprint density at radius 2 is 1.42 bits per heavy atom. The Bertz CT molecular complexity index is 676. The van der Waals surface area contributed by atoms with Crippen LogP contribution in [0, 0.1) is 5.92 Å². The first-order valence-electron chi connectivity index (χ1n) is 5.98. The molecule has 0 aliphatic rings. The molecule has 0 aliphatic carbocycles. The van der Waals surface area contributed by atoms with Crippen molar-refractivity contribution in [3.63, 3.8) is 0 Å². The molecule has 0 aromatic heterocycles. The second-order valence-corrected chi connectivity index (χ2v) is 4.43. The number of esters is 1. The van der Waals surface area contributed by atoms with Crippen LogP contribution in [0.1, 0.15) is 10.4 Å². The van der Waals surface area contributed by atoms with E-state index < -0.39 is 53.6 Å². The number of alkyl halides is 9. The van der Waals surface area contributed by atoms with Crippen LogP contribution in [-0.4, -0.2) is 30.7 Å². The molecule has 0 saturated heterocycles. The Kier molecular flexibility index (Phi) is 5.68. The molecular formula is C12H4F9O5-. The van der Waals surface area contributed by atoms with Crippen molar-refractivity contribution in [1.29, 1.82) is 0 Å². The molecule has 14 heteroatoms. The van der Waals surface area contributed by atoms with Crippen molar-refractivity contribution < 1.29 is 63.7 Å². The molecule has 0 bridgehead atoms. The third kappa shape index (κ3) is 5.70. The first-order valence-corrected chi connectivity index (χ1v) is 5.98. The zero-order chi connectivity index (χ0) is 20.5. The molecule has 1 aromatic carbocycles. The van der Waals surface area contributed by atoms with Gasteiger partial charge in [0, 0.05) is 11.6 Å². The summed E-state index contributed by atoms with van der Waals surface area (Å²) in [5.41, 5.74) is -1.25. The van der Waals surface area contributed by atoms with Crippen LogP contribution in [0.15, 0.2) is 18.2 Å². The second-order valence-electron chi connectivity index (χ2n) is 4.43. The van der Waals surface area contributed by atoms with Gasteiger partial charge in [-0.1, -0.05) is 0 Å². The third-order valence-electron chi connectivity index (χ3n) is 2.51. The maximum absolute atomic E-state index is 12.4. The molecule has 0 spiro atoms. The number of hydrogen-bond acceptors (Lipinski definition) is 5. The van der Waals surface area contributed by atoms with E-state index in [1.165, 1.54) is 0 Å². The number of benzene rings is 1. The van der Waals surface area contributed by atoms with Gasteiger partial charge in [0.1, 0.15) is 11.5 Å². The van der Waals surface area contributed by atoms with E-state index in [4.69, 9.17) is 0 Å². The fourth-order valence-electron chi connectivity index (χ4n) is 1.57. The van der Waals surface area contributed by atoms with Crippen LogP contribution in [0.5, 0.6) is 11.5 Å². The first kappa shape index (κ1) is 21.4. The Morgan fingerprint density at radius 3 is 1.81 bits per heavy atom. The molecule has 0 N–H and O–H groups in total. The minimum absolute atomic E-state index is 0.0274. The van der Waals surface area contributed by atoms with Crippen molar-refractivity contribution >= 4 is 11.9 Å². The largest absolute Gasteiger partial charge is 0.573 e. The summed E-state index contributed by atoms with van der Waals surface area (Å²) in [6.45, 7) is 0. The van der Waals surface area contributed by atoms with Gasteiger partial charge in [-0.05, 0) is 12.1 Å². The smallest absolute Gasteiger partial charge is 0.545 e. The van der Waals surface area contributed by atoms with E-state index in [9.17, 15) is 54.2 Å². The second kappa shape index (κ2) is 6.92. The summed E-state index contributed by atoms with van der Waals surface area (Å²) >= 11 is 0. The SMILES string of the molecule is O=C([O-])c1ccc(OC(=O)C(C(F)(F)F)C(F)(F)F)cc1OC(F)(F)F. The van der Waals surface area contributed by atoms with E-state index in [0.29, 0.717) is 6.07 Å². The summed E-state index contributed by atoms with van der Waals surface area (Å²) in [7, 11) is 0. The predicted octanol–water partition coefficient (Wildman–Crippen LogP) is 2.59. The van der Waals surface area contributed by atoms with Crippen molar-refractivity contribution in [1.82, 2.24) is 0 Å².